The Kier molecular flexibility index (Phi) is 8.47. The molecule has 5 aromatic rings. The van der Waals surface area contributed by atoms with Crippen molar-refractivity contribution in [3.63, 3.8) is 0 Å². The molecule has 0 aliphatic heterocycles. The molecule has 1 radical (unpaired) electrons. The third-order valence-electron chi connectivity index (χ3n) is 3.92. The summed E-state index contributed by atoms with van der Waals surface area (Å²) in [6, 6.07) is 39.6. The van der Waals surface area contributed by atoms with Crippen molar-refractivity contribution >= 4 is 37.0 Å². The van der Waals surface area contributed by atoms with Crippen molar-refractivity contribution in [3.05, 3.63) is 115 Å². The summed E-state index contributed by atoms with van der Waals surface area (Å²) >= 11 is 0. The zero-order valence-corrected chi connectivity index (χ0v) is 18.5. The van der Waals surface area contributed by atoms with E-state index in [1.54, 1.807) is 0 Å². The summed E-state index contributed by atoms with van der Waals surface area (Å²) in [4.78, 5) is 0. The van der Waals surface area contributed by atoms with Crippen LogP contribution >= 0.6 is 0 Å². The van der Waals surface area contributed by atoms with Crippen LogP contribution in [0.2, 0.25) is 0 Å². The largest absolute Gasteiger partial charge is 2.00 e. The summed E-state index contributed by atoms with van der Waals surface area (Å²) in [6.07, 6.45) is 0. The van der Waals surface area contributed by atoms with Crippen molar-refractivity contribution in [3.8, 4) is 0 Å². The SMILES string of the molecule is [SiH2]c1ccccc1.[Zr+2].c1cc[cH-]c1.c1ccc2c(c1)[cH-]c1ccccc12. The number of hydrogen-bond donors (Lipinski definition) is 0. The third kappa shape index (κ3) is 5.76. The first kappa shape index (κ1) is 20.3. The summed E-state index contributed by atoms with van der Waals surface area (Å²) in [6.45, 7) is 0. The van der Waals surface area contributed by atoms with E-state index in [1.165, 1.54) is 26.7 Å². The van der Waals surface area contributed by atoms with Gasteiger partial charge in [-0.05, 0) is 0 Å². The first-order valence-electron chi connectivity index (χ1n) is 8.41. The van der Waals surface area contributed by atoms with E-state index in [2.05, 4.69) is 66.7 Å². The topological polar surface area (TPSA) is 0 Å². The van der Waals surface area contributed by atoms with Gasteiger partial charge in [0.05, 0.1) is 0 Å². The van der Waals surface area contributed by atoms with Gasteiger partial charge in [-0.1, -0.05) is 71.9 Å². The second-order valence-electron chi connectivity index (χ2n) is 5.77. The summed E-state index contributed by atoms with van der Waals surface area (Å²) in [5, 5.41) is 6.74. The average Bonchev–Trinajstić information content (AvgIpc) is 3.34. The van der Waals surface area contributed by atoms with Crippen molar-refractivity contribution in [2.75, 3.05) is 0 Å². The Labute approximate surface area is 177 Å². The molecule has 0 fully saturated rings. The molecule has 0 aliphatic rings. The summed E-state index contributed by atoms with van der Waals surface area (Å²) in [5.41, 5.74) is 0. The van der Waals surface area contributed by atoms with Gasteiger partial charge < -0.3 is 0 Å². The predicted molar refractivity (Wildman–Crippen MR) is 114 cm³/mol. The Morgan fingerprint density at radius 2 is 1.00 bits per heavy atom. The molecule has 0 heterocycles. The zero-order chi connectivity index (χ0) is 17.3. The number of hydrogen-bond acceptors (Lipinski definition) is 0. The number of fused-ring (bicyclic) bond motifs is 3. The molecule has 5 aromatic carbocycles. The normalized spacial score (nSPS) is 9.42. The molecular weight excluding hydrogens is 408 g/mol. The van der Waals surface area contributed by atoms with Crippen LogP contribution in [0.15, 0.2) is 115 Å². The van der Waals surface area contributed by atoms with Crippen LogP contribution in [-0.2, 0) is 26.2 Å². The van der Waals surface area contributed by atoms with Crippen LogP contribution in [0, 0.1) is 0 Å². The minimum Gasteiger partial charge on any atom is -0.214 e. The van der Waals surface area contributed by atoms with Crippen LogP contribution < -0.4 is 5.19 Å². The van der Waals surface area contributed by atoms with E-state index in [9.17, 15) is 0 Å². The van der Waals surface area contributed by atoms with Crippen molar-refractivity contribution in [2.45, 2.75) is 0 Å². The second-order valence-corrected chi connectivity index (χ2v) is 6.58. The molecule has 0 bridgehead atoms. The molecule has 0 nitrogen and oxygen atoms in total. The van der Waals surface area contributed by atoms with Gasteiger partial charge in [0.25, 0.3) is 0 Å². The van der Waals surface area contributed by atoms with Gasteiger partial charge in [-0.15, -0.1) is 39.7 Å². The molecule has 0 saturated carbocycles. The van der Waals surface area contributed by atoms with E-state index >= 15 is 0 Å². The fraction of sp³-hybridized carbons (Fsp3) is 0. The van der Waals surface area contributed by atoms with Gasteiger partial charge in [-0.2, -0.15) is 18.2 Å². The zero-order valence-electron chi connectivity index (χ0n) is 14.7. The maximum atomic E-state index is 2.24. The summed E-state index contributed by atoms with van der Waals surface area (Å²) < 4.78 is 0. The van der Waals surface area contributed by atoms with Gasteiger partial charge >= 0.3 is 26.2 Å². The molecule has 0 saturated heterocycles. The van der Waals surface area contributed by atoms with Gasteiger partial charge in [-0.3, -0.25) is 0 Å². The molecule has 0 aromatic heterocycles. The smallest absolute Gasteiger partial charge is 0.214 e. The van der Waals surface area contributed by atoms with Crippen LogP contribution in [0.1, 0.15) is 0 Å². The molecule has 2 heteroatoms. The Balaban J connectivity index is 0.000000158. The maximum Gasteiger partial charge on any atom is 2.00 e. The molecule has 0 N–H and O–H groups in total. The molecule has 0 aliphatic carbocycles. The van der Waals surface area contributed by atoms with Crippen LogP contribution in [0.4, 0.5) is 0 Å². The molecule has 125 valence electrons. The van der Waals surface area contributed by atoms with Gasteiger partial charge in [0.2, 0.25) is 0 Å². The Bertz CT molecular complexity index is 931. The van der Waals surface area contributed by atoms with Crippen LogP contribution in [0.3, 0.4) is 0 Å². The quantitative estimate of drug-likeness (QED) is 0.239. The van der Waals surface area contributed by atoms with E-state index in [1.807, 2.05) is 58.8 Å². The van der Waals surface area contributed by atoms with E-state index in [-0.39, 0.29) is 26.2 Å². The van der Waals surface area contributed by atoms with Crippen LogP contribution in [0.5, 0.6) is 0 Å². The minimum absolute atomic E-state index is 0. The Hall–Kier alpha value is -2.02. The first-order valence-corrected chi connectivity index (χ1v) is 9.12. The van der Waals surface area contributed by atoms with E-state index < -0.39 is 0 Å². The number of rotatable bonds is 0. The maximum absolute atomic E-state index is 2.24. The molecular formula is C24H21SiZr. The Morgan fingerprint density at radius 1 is 0.538 bits per heavy atom. The van der Waals surface area contributed by atoms with Crippen molar-refractivity contribution in [1.82, 2.24) is 0 Å². The van der Waals surface area contributed by atoms with Gasteiger partial charge in [0.1, 0.15) is 0 Å². The second kappa shape index (κ2) is 10.9. The Morgan fingerprint density at radius 3 is 1.38 bits per heavy atom. The molecule has 0 spiro atoms. The van der Waals surface area contributed by atoms with Crippen LogP contribution in [0.25, 0.3) is 21.5 Å². The van der Waals surface area contributed by atoms with Gasteiger partial charge in [0, 0.05) is 10.2 Å². The summed E-state index contributed by atoms with van der Waals surface area (Å²) in [5.74, 6) is 0. The van der Waals surface area contributed by atoms with Crippen molar-refractivity contribution < 1.29 is 26.2 Å². The van der Waals surface area contributed by atoms with Gasteiger partial charge in [0.15, 0.2) is 0 Å². The average molecular weight is 429 g/mol. The predicted octanol–water partition coefficient (Wildman–Crippen LogP) is 5.06. The molecule has 5 rings (SSSR count). The van der Waals surface area contributed by atoms with E-state index in [0.29, 0.717) is 0 Å². The van der Waals surface area contributed by atoms with E-state index in [0.717, 1.165) is 0 Å². The monoisotopic (exact) mass is 427 g/mol. The molecule has 0 amide bonds. The first-order chi connectivity index (χ1) is 12.3. The van der Waals surface area contributed by atoms with Crippen molar-refractivity contribution in [2.24, 2.45) is 0 Å². The fourth-order valence-corrected chi connectivity index (χ4v) is 2.97. The number of benzene rings is 3. The molecule has 0 atom stereocenters. The van der Waals surface area contributed by atoms with E-state index in [4.69, 9.17) is 0 Å². The van der Waals surface area contributed by atoms with Crippen LogP contribution in [-0.4, -0.2) is 10.2 Å². The third-order valence-corrected chi connectivity index (χ3v) is 4.39. The fourth-order valence-electron chi connectivity index (χ4n) is 2.70. The van der Waals surface area contributed by atoms with Gasteiger partial charge in [-0.25, -0.2) is 12.1 Å². The summed E-state index contributed by atoms with van der Waals surface area (Å²) in [7, 11) is 1.90. The standard InChI is InChI=1S/C13H9.C6H7Si.C5H5.Zr/c1-3-7-12-10(5-1)9-11-6-2-4-8-13(11)12;7-6-4-2-1-3-5-6;1-2-4-5-3-1;/h1-9H;1-5H,7H2;1-5H;/q-1;;-1;+2. The minimum atomic E-state index is 0. The molecule has 0 unspecified atom stereocenters. The molecule has 26 heavy (non-hydrogen) atoms. The van der Waals surface area contributed by atoms with Crippen molar-refractivity contribution in [1.29, 1.82) is 0 Å².